The molecule has 6 N–H and O–H groups in total. The van der Waals surface area contributed by atoms with Gasteiger partial charge in [-0.25, -0.2) is 0 Å². The van der Waals surface area contributed by atoms with Crippen molar-refractivity contribution in [1.29, 1.82) is 0 Å². The number of carbonyl (C=O) groups is 2. The second-order valence-corrected chi connectivity index (χ2v) is 10.9. The van der Waals surface area contributed by atoms with Gasteiger partial charge in [0, 0.05) is 29.8 Å². The second-order valence-electron chi connectivity index (χ2n) is 10.9. The normalized spacial score (nSPS) is 33.2. The van der Waals surface area contributed by atoms with E-state index in [9.17, 15) is 24.9 Å². The van der Waals surface area contributed by atoms with E-state index in [1.165, 1.54) is 13.3 Å². The minimum Gasteiger partial charge on any atom is -0.493 e. The van der Waals surface area contributed by atoms with Crippen molar-refractivity contribution >= 4 is 18.2 Å². The summed E-state index contributed by atoms with van der Waals surface area (Å²) in [5.41, 5.74) is 5.79. The van der Waals surface area contributed by atoms with E-state index in [0.717, 1.165) is 11.1 Å². The fourth-order valence-electron chi connectivity index (χ4n) is 6.19. The lowest BCUT2D eigenvalue weighted by molar-refractivity contribution is -0.333. The summed E-state index contributed by atoms with van der Waals surface area (Å²) in [5, 5.41) is 41.6. The van der Waals surface area contributed by atoms with Gasteiger partial charge in [0.25, 0.3) is 0 Å². The first-order chi connectivity index (χ1) is 21.1. The molecule has 6 rings (SSSR count). The zero-order valence-electron chi connectivity index (χ0n) is 23.7. The van der Waals surface area contributed by atoms with Crippen molar-refractivity contribution in [3.05, 3.63) is 41.5 Å². The Morgan fingerprint density at radius 2 is 1.86 bits per heavy atom. The highest BCUT2D eigenvalue weighted by molar-refractivity contribution is 5.90. The van der Waals surface area contributed by atoms with Crippen molar-refractivity contribution < 1.29 is 63.2 Å². The van der Waals surface area contributed by atoms with Gasteiger partial charge in [-0.2, -0.15) is 0 Å². The summed E-state index contributed by atoms with van der Waals surface area (Å²) in [5.74, 6) is -0.465. The van der Waals surface area contributed by atoms with Crippen molar-refractivity contribution in [2.75, 3.05) is 20.8 Å². The Morgan fingerprint density at radius 1 is 1.09 bits per heavy atom. The molecule has 236 valence electrons. The van der Waals surface area contributed by atoms with Crippen LogP contribution in [0.25, 0.3) is 0 Å². The second kappa shape index (κ2) is 11.4. The van der Waals surface area contributed by atoms with E-state index < -0.39 is 60.8 Å². The predicted octanol–water partition coefficient (Wildman–Crippen LogP) is 0.0159. The van der Waals surface area contributed by atoms with Crippen LogP contribution in [0, 0.1) is 0 Å². The van der Waals surface area contributed by atoms with Crippen molar-refractivity contribution in [1.82, 2.24) is 0 Å². The third-order valence-electron chi connectivity index (χ3n) is 8.32. The smallest absolute Gasteiger partial charge is 0.317 e. The number of aliphatic imine (C=N–C) groups is 1. The summed E-state index contributed by atoms with van der Waals surface area (Å²) in [6, 6.07) is 8.65. The largest absolute Gasteiger partial charge is 0.493 e. The van der Waals surface area contributed by atoms with E-state index in [2.05, 4.69) is 4.99 Å². The maximum absolute atomic E-state index is 12.2. The summed E-state index contributed by atoms with van der Waals surface area (Å²) in [6.07, 6.45) is -9.95. The molecule has 0 radical (unpaired) electrons. The molecule has 2 aromatic carbocycles. The number of aliphatic hydroxyl groups is 3. The molecule has 9 atom stereocenters. The molecule has 1 fully saturated rings. The standard InChI is InChI=1S/C29H32N2O13/c1-38-16-6-5-13-15-11-40-17-9-12(3-4-14(17)22(15)43-23(13)24(16)39-2)41-28-21(36)20(35)25(37)29(44-28)7-8-31-27(30)26(29)42-19(34)10-18(32)33/h3-6,8-9,15,20-22,25-28,35-37H,7,10-11,30H2,1-2H3,(H,32,33)/t15-,20+,21+,22+,25-,26+,27-,28-,29-/m0/s1. The summed E-state index contributed by atoms with van der Waals surface area (Å²) >= 11 is 0. The first-order valence-corrected chi connectivity index (χ1v) is 13.8. The molecule has 44 heavy (non-hydrogen) atoms. The number of rotatable bonds is 7. The van der Waals surface area contributed by atoms with E-state index in [-0.39, 0.29) is 24.2 Å². The van der Waals surface area contributed by atoms with Crippen LogP contribution in [0.5, 0.6) is 28.7 Å². The average Bonchev–Trinajstić information content (AvgIpc) is 3.38. The van der Waals surface area contributed by atoms with Gasteiger partial charge in [-0.3, -0.25) is 14.6 Å². The lowest BCUT2D eigenvalue weighted by atomic mass is 9.77. The van der Waals surface area contributed by atoms with E-state index in [1.54, 1.807) is 25.3 Å². The number of fused-ring (bicyclic) bond motifs is 5. The zero-order valence-corrected chi connectivity index (χ0v) is 23.7. The molecule has 0 amide bonds. The number of carboxylic acid groups (broad SMARTS) is 1. The van der Waals surface area contributed by atoms with Crippen LogP contribution < -0.4 is 29.4 Å². The number of nitrogens with two attached hydrogens (primary N) is 1. The molecule has 0 aromatic heterocycles. The molecular weight excluding hydrogens is 584 g/mol. The maximum atomic E-state index is 12.2. The van der Waals surface area contributed by atoms with E-state index in [0.29, 0.717) is 29.6 Å². The van der Waals surface area contributed by atoms with Crippen molar-refractivity contribution in [2.24, 2.45) is 10.7 Å². The van der Waals surface area contributed by atoms with E-state index in [1.807, 2.05) is 12.1 Å². The van der Waals surface area contributed by atoms with Gasteiger partial charge >= 0.3 is 11.9 Å². The molecule has 2 aromatic rings. The van der Waals surface area contributed by atoms with Crippen LogP contribution in [-0.2, 0) is 19.1 Å². The fourth-order valence-corrected chi connectivity index (χ4v) is 6.19. The average molecular weight is 617 g/mol. The number of aliphatic carboxylic acids is 1. The number of carboxylic acids is 1. The number of nitrogens with zero attached hydrogens (tertiary/aromatic N) is 1. The summed E-state index contributed by atoms with van der Waals surface area (Å²) in [6.45, 7) is 0.292. The van der Waals surface area contributed by atoms with Crippen LogP contribution >= 0.6 is 0 Å². The lowest BCUT2D eigenvalue weighted by Gasteiger charge is -2.52. The molecule has 4 heterocycles. The maximum Gasteiger partial charge on any atom is 0.317 e. The van der Waals surface area contributed by atoms with Crippen LogP contribution in [0.3, 0.4) is 0 Å². The number of hydrogen-bond donors (Lipinski definition) is 5. The Labute approximate surface area is 250 Å². The Balaban J connectivity index is 1.25. The monoisotopic (exact) mass is 616 g/mol. The van der Waals surface area contributed by atoms with Crippen LogP contribution in [0.15, 0.2) is 35.3 Å². The molecule has 15 heteroatoms. The fraction of sp³-hybridized carbons (Fsp3) is 0.483. The minimum absolute atomic E-state index is 0.109. The number of esters is 1. The van der Waals surface area contributed by atoms with Crippen molar-refractivity contribution in [3.8, 4) is 28.7 Å². The molecule has 1 spiro atoms. The topological polar surface area (TPSA) is 218 Å². The van der Waals surface area contributed by atoms with Gasteiger partial charge in [0.2, 0.25) is 12.0 Å². The van der Waals surface area contributed by atoms with Gasteiger partial charge in [-0.05, 0) is 18.2 Å². The zero-order chi connectivity index (χ0) is 31.3. The van der Waals surface area contributed by atoms with Gasteiger partial charge < -0.3 is 59.3 Å². The Morgan fingerprint density at radius 3 is 2.59 bits per heavy atom. The predicted molar refractivity (Wildman–Crippen MR) is 147 cm³/mol. The van der Waals surface area contributed by atoms with Crippen LogP contribution in [0.2, 0.25) is 0 Å². The van der Waals surface area contributed by atoms with Gasteiger partial charge in [0.05, 0.1) is 26.7 Å². The molecule has 4 aliphatic rings. The number of hydrogen-bond acceptors (Lipinski definition) is 14. The molecule has 15 nitrogen and oxygen atoms in total. The minimum atomic E-state index is -1.92. The van der Waals surface area contributed by atoms with Crippen LogP contribution in [-0.4, -0.2) is 102 Å². The SMILES string of the molecule is COc1ccc2c(c1OC)O[C@@H]1c3ccc(O[C@H]4O[C@@]5(CC=N[C@H](N)[C@H]5OC(=O)CC(=O)O)[C@@H](O)[C@H](O)[C@H]4O)cc3OC[C@@H]21. The highest BCUT2D eigenvalue weighted by Gasteiger charge is 2.61. The summed E-state index contributed by atoms with van der Waals surface area (Å²) in [4.78, 5) is 27.3. The molecule has 0 unspecified atom stereocenters. The van der Waals surface area contributed by atoms with Gasteiger partial charge in [-0.15, -0.1) is 0 Å². The van der Waals surface area contributed by atoms with Crippen LogP contribution in [0.4, 0.5) is 0 Å². The quantitative estimate of drug-likeness (QED) is 0.205. The first kappa shape index (κ1) is 29.9. The Bertz CT molecular complexity index is 1480. The molecule has 0 bridgehead atoms. The van der Waals surface area contributed by atoms with Crippen molar-refractivity contribution in [2.45, 2.75) is 67.3 Å². The summed E-state index contributed by atoms with van der Waals surface area (Å²) in [7, 11) is 3.08. The summed E-state index contributed by atoms with van der Waals surface area (Å²) < 4.78 is 40.6. The van der Waals surface area contributed by atoms with E-state index >= 15 is 0 Å². The van der Waals surface area contributed by atoms with Crippen LogP contribution in [0.1, 0.15) is 36.0 Å². The number of ether oxygens (including phenoxy) is 7. The van der Waals surface area contributed by atoms with Crippen molar-refractivity contribution in [3.63, 3.8) is 0 Å². The molecule has 0 saturated carbocycles. The van der Waals surface area contributed by atoms with Gasteiger partial charge in [-0.1, -0.05) is 6.07 Å². The highest BCUT2D eigenvalue weighted by atomic mass is 16.7. The number of aliphatic hydroxyl groups excluding tert-OH is 3. The number of carbonyl (C=O) groups excluding carboxylic acids is 1. The van der Waals surface area contributed by atoms with Gasteiger partial charge in [0.15, 0.2) is 17.6 Å². The molecule has 1 saturated heterocycles. The Kier molecular flexibility index (Phi) is 7.75. The van der Waals surface area contributed by atoms with E-state index in [4.69, 9.17) is 44.0 Å². The third kappa shape index (κ3) is 4.86. The first-order valence-electron chi connectivity index (χ1n) is 13.8. The van der Waals surface area contributed by atoms with Gasteiger partial charge in [0.1, 0.15) is 54.1 Å². The number of methoxy groups -OCH3 is 2. The highest BCUT2D eigenvalue weighted by Crippen LogP contribution is 2.56. The lowest BCUT2D eigenvalue weighted by Crippen LogP contribution is -2.73. The number of benzene rings is 2. The molecule has 0 aliphatic carbocycles. The Hall–Kier alpha value is -4.15. The third-order valence-corrected chi connectivity index (χ3v) is 8.32. The molecule has 4 aliphatic heterocycles. The molecular formula is C29H32N2O13.